The molecule has 2 saturated heterocycles. The van der Waals surface area contributed by atoms with Crippen LogP contribution in [0, 0.1) is 0 Å². The first kappa shape index (κ1) is 39.2. The second-order valence-electron chi connectivity index (χ2n) is 12.3. The van der Waals surface area contributed by atoms with Crippen LogP contribution < -0.4 is 39.7 Å². The number of amides is 1. The predicted molar refractivity (Wildman–Crippen MR) is 159 cm³/mol. The van der Waals surface area contributed by atoms with Gasteiger partial charge in [0.05, 0.1) is 30.8 Å². The first-order valence-corrected chi connectivity index (χ1v) is 15.7. The highest BCUT2D eigenvalue weighted by atomic mass is 19.1. The maximum absolute atomic E-state index is 14.0. The number of halogens is 1. The third kappa shape index (κ3) is 8.47. The molecule has 4 rings (SSSR count). The van der Waals surface area contributed by atoms with Crippen LogP contribution >= 0.6 is 0 Å². The number of aliphatic hydroxyl groups excluding tert-OH is 6. The van der Waals surface area contributed by atoms with Crippen molar-refractivity contribution in [3.63, 3.8) is 0 Å². The Kier molecular flexibility index (Phi) is 14.0. The molecule has 0 aromatic carbocycles. The molecule has 0 bridgehead atoms. The summed E-state index contributed by atoms with van der Waals surface area (Å²) in [7, 11) is 0. The van der Waals surface area contributed by atoms with Crippen LogP contribution in [-0.4, -0.2) is 179 Å². The van der Waals surface area contributed by atoms with Crippen LogP contribution in [0.3, 0.4) is 0 Å². The van der Waals surface area contributed by atoms with E-state index in [1.807, 2.05) is 0 Å². The molecule has 278 valence electrons. The minimum atomic E-state index is -2.14. The first-order chi connectivity index (χ1) is 22.8. The molecule has 19 N–H and O–H groups in total. The van der Waals surface area contributed by atoms with Crippen LogP contribution in [0.25, 0.3) is 0 Å². The van der Waals surface area contributed by atoms with Crippen LogP contribution in [0.15, 0.2) is 12.2 Å². The maximum atomic E-state index is 14.0. The summed E-state index contributed by atoms with van der Waals surface area (Å²) in [5.41, 5.74) is 35.2. The summed E-state index contributed by atoms with van der Waals surface area (Å²) in [6.07, 6.45) is -18.6. The van der Waals surface area contributed by atoms with Crippen LogP contribution in [0.2, 0.25) is 0 Å². The van der Waals surface area contributed by atoms with E-state index in [-0.39, 0.29) is 19.5 Å². The Labute approximate surface area is 275 Å². The van der Waals surface area contributed by atoms with Crippen LogP contribution in [0.4, 0.5) is 4.39 Å². The van der Waals surface area contributed by atoms with Crippen LogP contribution in [0.1, 0.15) is 6.42 Å². The van der Waals surface area contributed by atoms with E-state index in [1.165, 1.54) is 0 Å². The van der Waals surface area contributed by atoms with Gasteiger partial charge in [-0.25, -0.2) is 4.39 Å². The SMILES string of the molecule is NC[C@@H](F)[C@H](O)C(=O)N[C@@H]1C[C@H](N)[C@@H](O[C@H]2O[C@H](CN)C=C[C@H]2N)[C@H](O[C@@H]2O[C@H](CO)[C@@H](O[C@H]3O[C@@H](CN)[C@@H](O)[C@H](O)[C@H]3N)[C@H]2O)[C@H]1O. The Morgan fingerprint density at radius 2 is 1.48 bits per heavy atom. The van der Waals surface area contributed by atoms with Crippen molar-refractivity contribution in [1.29, 1.82) is 0 Å². The van der Waals surface area contributed by atoms with E-state index in [0.717, 1.165) is 0 Å². The molecular formula is C27H50FN7O13. The van der Waals surface area contributed by atoms with Crippen molar-refractivity contribution >= 4 is 5.91 Å². The monoisotopic (exact) mass is 699 g/mol. The summed E-state index contributed by atoms with van der Waals surface area (Å²) in [4.78, 5) is 12.6. The van der Waals surface area contributed by atoms with Gasteiger partial charge in [0.1, 0.15) is 61.1 Å². The summed E-state index contributed by atoms with van der Waals surface area (Å²) in [5.74, 6) is -1.17. The van der Waals surface area contributed by atoms with Crippen molar-refractivity contribution in [1.82, 2.24) is 5.32 Å². The largest absolute Gasteiger partial charge is 0.394 e. The van der Waals surface area contributed by atoms with Crippen molar-refractivity contribution in [2.75, 3.05) is 26.2 Å². The minimum Gasteiger partial charge on any atom is -0.394 e. The van der Waals surface area contributed by atoms with Gasteiger partial charge in [-0.15, -0.1) is 0 Å². The fraction of sp³-hybridized carbons (Fsp3) is 0.889. The highest BCUT2D eigenvalue weighted by Crippen LogP contribution is 2.34. The lowest BCUT2D eigenvalue weighted by molar-refractivity contribution is -0.284. The van der Waals surface area contributed by atoms with Gasteiger partial charge in [0.2, 0.25) is 0 Å². The molecule has 1 saturated carbocycles. The fourth-order valence-electron chi connectivity index (χ4n) is 6.05. The third-order valence-electron chi connectivity index (χ3n) is 8.91. The number of nitrogens with one attached hydrogen (secondary N) is 1. The van der Waals surface area contributed by atoms with Crippen LogP contribution in [0.5, 0.6) is 0 Å². The molecule has 0 radical (unpaired) electrons. The number of rotatable bonds is 13. The van der Waals surface area contributed by atoms with Crippen molar-refractivity contribution in [2.24, 2.45) is 34.4 Å². The van der Waals surface area contributed by atoms with Gasteiger partial charge in [-0.1, -0.05) is 12.2 Å². The lowest BCUT2D eigenvalue weighted by atomic mass is 9.83. The molecule has 0 spiro atoms. The first-order valence-electron chi connectivity index (χ1n) is 15.7. The number of carbonyl (C=O) groups is 1. The minimum absolute atomic E-state index is 0.0968. The molecule has 1 amide bonds. The van der Waals surface area contributed by atoms with Crippen LogP contribution in [-0.2, 0) is 33.2 Å². The summed E-state index contributed by atoms with van der Waals surface area (Å²) in [6, 6.07) is -4.34. The highest BCUT2D eigenvalue weighted by molar-refractivity contribution is 5.81. The van der Waals surface area contributed by atoms with Gasteiger partial charge < -0.3 is 98.8 Å². The molecule has 3 aliphatic heterocycles. The molecule has 0 aromatic heterocycles. The molecule has 0 aromatic rings. The molecule has 48 heavy (non-hydrogen) atoms. The summed E-state index contributed by atoms with van der Waals surface area (Å²) >= 11 is 0. The normalized spacial score (nSPS) is 46.3. The second kappa shape index (κ2) is 17.1. The smallest absolute Gasteiger partial charge is 0.252 e. The molecule has 1 aliphatic carbocycles. The summed E-state index contributed by atoms with van der Waals surface area (Å²) in [6.45, 7) is -1.45. The fourth-order valence-corrected chi connectivity index (χ4v) is 6.05. The number of ether oxygens (including phenoxy) is 6. The average Bonchev–Trinajstić information content (AvgIpc) is 3.37. The van der Waals surface area contributed by atoms with Crippen molar-refractivity contribution in [2.45, 2.75) is 123 Å². The number of carbonyl (C=O) groups excluding carboxylic acids is 1. The number of alkyl halides is 1. The maximum Gasteiger partial charge on any atom is 0.252 e. The van der Waals surface area contributed by atoms with E-state index in [4.69, 9.17) is 62.8 Å². The van der Waals surface area contributed by atoms with E-state index >= 15 is 0 Å². The number of hydrogen-bond acceptors (Lipinski definition) is 19. The molecule has 19 atom stereocenters. The molecule has 20 nitrogen and oxygen atoms in total. The Morgan fingerprint density at radius 3 is 2.10 bits per heavy atom. The van der Waals surface area contributed by atoms with Gasteiger partial charge in [0.25, 0.3) is 5.91 Å². The summed E-state index contributed by atoms with van der Waals surface area (Å²) in [5, 5.41) is 65.7. The summed E-state index contributed by atoms with van der Waals surface area (Å²) < 4.78 is 49.1. The second-order valence-corrected chi connectivity index (χ2v) is 12.3. The van der Waals surface area contributed by atoms with Gasteiger partial charge in [0, 0.05) is 25.7 Å². The number of nitrogens with two attached hydrogens (primary N) is 6. The zero-order chi connectivity index (χ0) is 35.4. The van der Waals surface area contributed by atoms with Crippen molar-refractivity contribution < 1.29 is 68.2 Å². The van der Waals surface area contributed by atoms with E-state index in [9.17, 15) is 39.8 Å². The lowest BCUT2D eigenvalue weighted by Crippen LogP contribution is -2.67. The molecule has 3 heterocycles. The third-order valence-corrected chi connectivity index (χ3v) is 8.91. The Morgan fingerprint density at radius 1 is 0.833 bits per heavy atom. The Balaban J connectivity index is 1.56. The van der Waals surface area contributed by atoms with E-state index in [2.05, 4.69) is 5.32 Å². The number of hydrogen-bond donors (Lipinski definition) is 13. The van der Waals surface area contributed by atoms with Gasteiger partial charge in [-0.05, 0) is 6.42 Å². The van der Waals surface area contributed by atoms with Gasteiger partial charge in [-0.3, -0.25) is 4.79 Å². The molecule has 3 fully saturated rings. The molecule has 21 heteroatoms. The zero-order valence-corrected chi connectivity index (χ0v) is 26.0. The Hall–Kier alpha value is -1.58. The van der Waals surface area contributed by atoms with Gasteiger partial charge in [-0.2, -0.15) is 0 Å². The molecule has 0 unspecified atom stereocenters. The van der Waals surface area contributed by atoms with E-state index < -0.39 is 135 Å². The average molecular weight is 700 g/mol. The topological polar surface area (TPSA) is 362 Å². The number of aliphatic hydroxyl groups is 6. The zero-order valence-electron chi connectivity index (χ0n) is 26.0. The molecular weight excluding hydrogens is 649 g/mol. The Bertz CT molecular complexity index is 1070. The predicted octanol–water partition coefficient (Wildman–Crippen LogP) is -8.25. The highest BCUT2D eigenvalue weighted by Gasteiger charge is 2.54. The lowest BCUT2D eigenvalue weighted by Gasteiger charge is -2.46. The van der Waals surface area contributed by atoms with E-state index in [1.54, 1.807) is 12.2 Å². The van der Waals surface area contributed by atoms with E-state index in [0.29, 0.717) is 0 Å². The van der Waals surface area contributed by atoms with Gasteiger partial charge >= 0.3 is 0 Å². The molecule has 4 aliphatic rings. The van der Waals surface area contributed by atoms with Gasteiger partial charge in [0.15, 0.2) is 25.0 Å². The van der Waals surface area contributed by atoms with Crippen molar-refractivity contribution in [3.05, 3.63) is 12.2 Å². The quantitative estimate of drug-likeness (QED) is 0.0793. The standard InChI is InChI=1S/C27H50FN7O13/c28-9(5-30)16(37)24(42)35-12-3-11(33)21(46-25-10(32)2-1-8(4-29)43-25)23(17(12)38)48-27-20(41)22(14(7-36)45-27)47-26-15(34)19(40)18(39)13(6-31)44-26/h1-2,8-23,25-27,36-41H,3-7,29-34H2,(H,35,42)/t8-,9+,10+,11-,12+,13-,14+,15+,16-,17-,18+,19+,20+,21+,22+,23+,25+,26+,27-/m0/s1. The van der Waals surface area contributed by atoms with Crippen molar-refractivity contribution in [3.8, 4) is 0 Å².